The molecule has 7 nitrogen and oxygen atoms in total. The Morgan fingerprint density at radius 2 is 2.21 bits per heavy atom. The maximum absolute atomic E-state index is 13.1. The zero-order valence-electron chi connectivity index (χ0n) is 14.6. The average Bonchev–Trinajstić information content (AvgIpc) is 3.22. The predicted molar refractivity (Wildman–Crippen MR) is 91.2 cm³/mol. The monoisotopic (exact) mass is 336 g/mol. The minimum Gasteiger partial charge on any atom is -0.467 e. The normalized spacial score (nSPS) is 18.6. The molecule has 2 atom stereocenters. The molecular formula is C17H28N4O3. The number of hydrogen-bond acceptors (Lipinski definition) is 5. The summed E-state index contributed by atoms with van der Waals surface area (Å²) in [5, 5.41) is 0. The Bertz CT molecular complexity index is 558. The zero-order chi connectivity index (χ0) is 17.5. The topological polar surface area (TPSA) is 90.5 Å². The molecule has 0 unspecified atom stereocenters. The molecule has 1 aliphatic rings. The lowest BCUT2D eigenvalue weighted by molar-refractivity contribution is -0.152. The van der Waals surface area contributed by atoms with Crippen LogP contribution in [0.25, 0.3) is 0 Å². The van der Waals surface area contributed by atoms with Gasteiger partial charge in [-0.25, -0.2) is 9.78 Å². The Morgan fingerprint density at radius 1 is 1.42 bits per heavy atom. The van der Waals surface area contributed by atoms with Gasteiger partial charge >= 0.3 is 5.97 Å². The lowest BCUT2D eigenvalue weighted by Crippen LogP contribution is -2.44. The Morgan fingerprint density at radius 3 is 2.83 bits per heavy atom. The van der Waals surface area contributed by atoms with Crippen LogP contribution in [-0.2, 0) is 14.3 Å². The van der Waals surface area contributed by atoms with E-state index in [0.717, 1.165) is 38.5 Å². The number of nitrogens with two attached hydrogens (primary N) is 1. The second kappa shape index (κ2) is 8.70. The molecule has 2 heterocycles. The van der Waals surface area contributed by atoms with Crippen molar-refractivity contribution in [1.29, 1.82) is 0 Å². The molecule has 1 aromatic heterocycles. The SMILES string of the molecule is CCCCCC[C@@H](C(=O)N1CCC[C@H]1C(=O)OC)n1cnc(N)c1. The number of nitrogens with zero attached hydrogens (tertiary/aromatic N) is 3. The Hall–Kier alpha value is -2.05. The molecule has 0 radical (unpaired) electrons. The number of hydrogen-bond donors (Lipinski definition) is 1. The van der Waals surface area contributed by atoms with Gasteiger partial charge in [-0.15, -0.1) is 0 Å². The summed E-state index contributed by atoms with van der Waals surface area (Å²) in [6, 6.07) is -0.835. The number of unbranched alkanes of at least 4 members (excludes halogenated alkanes) is 3. The first-order valence-corrected chi connectivity index (χ1v) is 8.75. The van der Waals surface area contributed by atoms with E-state index < -0.39 is 6.04 Å². The van der Waals surface area contributed by atoms with E-state index in [4.69, 9.17) is 10.5 Å². The molecule has 1 amide bonds. The van der Waals surface area contributed by atoms with E-state index >= 15 is 0 Å². The number of aromatic nitrogens is 2. The summed E-state index contributed by atoms with van der Waals surface area (Å²) < 4.78 is 6.62. The molecule has 0 aliphatic carbocycles. The highest BCUT2D eigenvalue weighted by Gasteiger charge is 2.38. The molecule has 0 spiro atoms. The van der Waals surface area contributed by atoms with Crippen molar-refractivity contribution < 1.29 is 14.3 Å². The quantitative estimate of drug-likeness (QED) is 0.580. The van der Waals surface area contributed by atoms with Gasteiger partial charge in [-0.2, -0.15) is 0 Å². The van der Waals surface area contributed by atoms with Crippen LogP contribution in [-0.4, -0.2) is 46.0 Å². The molecule has 134 valence electrons. The van der Waals surface area contributed by atoms with Gasteiger partial charge in [-0.3, -0.25) is 4.79 Å². The van der Waals surface area contributed by atoms with Crippen molar-refractivity contribution in [2.75, 3.05) is 19.4 Å². The number of ether oxygens (including phenoxy) is 1. The van der Waals surface area contributed by atoms with Crippen LogP contribution in [0.1, 0.15) is 57.9 Å². The summed E-state index contributed by atoms with van der Waals surface area (Å²) in [5.74, 6) is 0.0137. The summed E-state index contributed by atoms with van der Waals surface area (Å²) in [6.45, 7) is 2.75. The van der Waals surface area contributed by atoms with Crippen molar-refractivity contribution >= 4 is 17.7 Å². The number of likely N-dealkylation sites (tertiary alicyclic amines) is 1. The first-order chi connectivity index (χ1) is 11.6. The molecule has 0 saturated carbocycles. The third kappa shape index (κ3) is 4.27. The van der Waals surface area contributed by atoms with E-state index in [2.05, 4.69) is 11.9 Å². The van der Waals surface area contributed by atoms with Crippen molar-refractivity contribution in [2.45, 2.75) is 64.0 Å². The van der Waals surface area contributed by atoms with Crippen LogP contribution in [0.5, 0.6) is 0 Å². The number of amides is 1. The summed E-state index contributed by atoms with van der Waals surface area (Å²) in [5.41, 5.74) is 5.71. The molecule has 1 aliphatic heterocycles. The molecule has 1 fully saturated rings. The molecule has 1 saturated heterocycles. The van der Waals surface area contributed by atoms with E-state index in [9.17, 15) is 9.59 Å². The maximum atomic E-state index is 13.1. The number of imidazole rings is 1. The molecule has 0 bridgehead atoms. The standard InChI is InChI=1S/C17H28N4O3/c1-3-4-5-6-8-13(20-11-15(18)19-12-20)16(22)21-10-7-9-14(21)17(23)24-2/h11-14H,3-10,18H2,1-2H3/t13-,14-/m0/s1. The van der Waals surface area contributed by atoms with Crippen LogP contribution < -0.4 is 5.73 Å². The predicted octanol–water partition coefficient (Wildman–Crippen LogP) is 2.14. The van der Waals surface area contributed by atoms with Crippen molar-refractivity contribution in [2.24, 2.45) is 0 Å². The Balaban J connectivity index is 2.12. The van der Waals surface area contributed by atoms with Crippen LogP contribution in [0, 0.1) is 0 Å². The van der Waals surface area contributed by atoms with Crippen molar-refractivity contribution in [3.63, 3.8) is 0 Å². The third-order valence-electron chi connectivity index (χ3n) is 4.61. The van der Waals surface area contributed by atoms with Gasteiger partial charge in [0.1, 0.15) is 17.9 Å². The molecule has 0 aromatic carbocycles. The van der Waals surface area contributed by atoms with Crippen LogP contribution in [0.4, 0.5) is 5.82 Å². The lowest BCUT2D eigenvalue weighted by atomic mass is 10.1. The van der Waals surface area contributed by atoms with E-state index in [0.29, 0.717) is 18.8 Å². The number of methoxy groups -OCH3 is 1. The smallest absolute Gasteiger partial charge is 0.328 e. The molecule has 1 aromatic rings. The highest BCUT2D eigenvalue weighted by molar-refractivity contribution is 5.87. The number of carbonyl (C=O) groups excluding carboxylic acids is 2. The van der Waals surface area contributed by atoms with E-state index in [1.165, 1.54) is 7.11 Å². The number of esters is 1. The van der Waals surface area contributed by atoms with Gasteiger partial charge in [-0.1, -0.05) is 32.6 Å². The first kappa shape index (κ1) is 18.3. The molecule has 2 rings (SSSR count). The summed E-state index contributed by atoms with van der Waals surface area (Å²) in [4.78, 5) is 30.7. The highest BCUT2D eigenvalue weighted by Crippen LogP contribution is 2.26. The molecule has 7 heteroatoms. The zero-order valence-corrected chi connectivity index (χ0v) is 14.6. The van der Waals surface area contributed by atoms with Crippen molar-refractivity contribution in [3.05, 3.63) is 12.5 Å². The number of nitrogen functional groups attached to an aromatic ring is 1. The fourth-order valence-corrected chi connectivity index (χ4v) is 3.29. The van der Waals surface area contributed by atoms with Crippen molar-refractivity contribution in [3.8, 4) is 0 Å². The first-order valence-electron chi connectivity index (χ1n) is 8.75. The largest absolute Gasteiger partial charge is 0.467 e. The average molecular weight is 336 g/mol. The van der Waals surface area contributed by atoms with Gasteiger partial charge in [0.2, 0.25) is 5.91 Å². The third-order valence-corrected chi connectivity index (χ3v) is 4.61. The van der Waals surface area contributed by atoms with Gasteiger partial charge in [0.15, 0.2) is 0 Å². The van der Waals surface area contributed by atoms with Crippen molar-refractivity contribution in [1.82, 2.24) is 14.5 Å². The van der Waals surface area contributed by atoms with E-state index in [-0.39, 0.29) is 17.9 Å². The van der Waals surface area contributed by atoms with Gasteiger partial charge in [-0.05, 0) is 19.3 Å². The fourth-order valence-electron chi connectivity index (χ4n) is 3.29. The molecule has 2 N–H and O–H groups in total. The summed E-state index contributed by atoms with van der Waals surface area (Å²) in [6.07, 6.45) is 9.83. The van der Waals surface area contributed by atoms with Crippen LogP contribution in [0.3, 0.4) is 0 Å². The van der Waals surface area contributed by atoms with Gasteiger partial charge in [0.05, 0.1) is 13.4 Å². The Labute approximate surface area is 143 Å². The maximum Gasteiger partial charge on any atom is 0.328 e. The minimum atomic E-state index is -0.471. The van der Waals surface area contributed by atoms with Gasteiger partial charge in [0, 0.05) is 12.7 Å². The van der Waals surface area contributed by atoms with E-state index in [1.807, 2.05) is 0 Å². The van der Waals surface area contributed by atoms with Gasteiger partial charge < -0.3 is 19.9 Å². The van der Waals surface area contributed by atoms with Crippen LogP contribution in [0.15, 0.2) is 12.5 Å². The second-order valence-corrected chi connectivity index (χ2v) is 6.32. The molecule has 24 heavy (non-hydrogen) atoms. The van der Waals surface area contributed by atoms with E-state index in [1.54, 1.807) is 22.0 Å². The van der Waals surface area contributed by atoms with Crippen LogP contribution in [0.2, 0.25) is 0 Å². The number of anilines is 1. The van der Waals surface area contributed by atoms with Crippen LogP contribution >= 0.6 is 0 Å². The minimum absolute atomic E-state index is 0.0446. The fraction of sp³-hybridized carbons (Fsp3) is 0.706. The second-order valence-electron chi connectivity index (χ2n) is 6.32. The summed E-state index contributed by atoms with van der Waals surface area (Å²) >= 11 is 0. The lowest BCUT2D eigenvalue weighted by Gasteiger charge is -2.28. The highest BCUT2D eigenvalue weighted by atomic mass is 16.5. The van der Waals surface area contributed by atoms with Gasteiger partial charge in [0.25, 0.3) is 0 Å². The Kier molecular flexibility index (Phi) is 6.63. The number of carbonyl (C=O) groups is 2. The molecular weight excluding hydrogens is 308 g/mol. The number of rotatable bonds is 8. The summed E-state index contributed by atoms with van der Waals surface area (Å²) in [7, 11) is 1.36.